The van der Waals surface area contributed by atoms with E-state index in [4.69, 9.17) is 0 Å². The van der Waals surface area contributed by atoms with Gasteiger partial charge < -0.3 is 5.32 Å². The maximum absolute atomic E-state index is 3.71. The van der Waals surface area contributed by atoms with Gasteiger partial charge in [-0.25, -0.2) is 0 Å². The lowest BCUT2D eigenvalue weighted by Crippen LogP contribution is -2.34. The molecule has 0 bridgehead atoms. The predicted octanol–water partition coefficient (Wildman–Crippen LogP) is 3.79. The highest BCUT2D eigenvalue weighted by molar-refractivity contribution is 7.98. The van der Waals surface area contributed by atoms with Crippen LogP contribution in [-0.4, -0.2) is 18.1 Å². The highest BCUT2D eigenvalue weighted by Gasteiger charge is 2.18. The molecule has 2 unspecified atom stereocenters. The molecule has 1 nitrogen and oxygen atoms in total. The third-order valence-electron chi connectivity index (χ3n) is 2.40. The molecule has 0 spiro atoms. The third kappa shape index (κ3) is 4.17. The van der Waals surface area contributed by atoms with E-state index in [2.05, 4.69) is 49.9 Å². The fourth-order valence-corrected chi connectivity index (χ4v) is 3.23. The Kier molecular flexibility index (Phi) is 5.72. The first-order chi connectivity index (χ1) is 7.15. The van der Waals surface area contributed by atoms with Gasteiger partial charge in [-0.15, -0.1) is 11.3 Å². The minimum absolute atomic E-state index is 0.507. The van der Waals surface area contributed by atoms with Crippen LogP contribution in [0.2, 0.25) is 0 Å². The molecule has 1 heterocycles. The van der Waals surface area contributed by atoms with Gasteiger partial charge in [0, 0.05) is 22.7 Å². The summed E-state index contributed by atoms with van der Waals surface area (Å²) in [5.41, 5.74) is 0. The molecule has 0 aromatic carbocycles. The standard InChI is InChI=1S/C12H21NS2/c1-9(2)12(11-6-5-7-15-11)13-10(3)8-14-4/h5-7,9-10,12-13H,8H2,1-4H3. The van der Waals surface area contributed by atoms with Crippen LogP contribution in [0.1, 0.15) is 31.7 Å². The fraction of sp³-hybridized carbons (Fsp3) is 0.667. The molecule has 1 aromatic rings. The summed E-state index contributed by atoms with van der Waals surface area (Å²) < 4.78 is 0. The van der Waals surface area contributed by atoms with Crippen molar-refractivity contribution in [2.45, 2.75) is 32.9 Å². The second-order valence-corrected chi connectivity index (χ2v) is 6.15. The Morgan fingerprint density at radius 1 is 1.40 bits per heavy atom. The van der Waals surface area contributed by atoms with E-state index in [-0.39, 0.29) is 0 Å². The van der Waals surface area contributed by atoms with Crippen molar-refractivity contribution in [2.75, 3.05) is 12.0 Å². The maximum Gasteiger partial charge on any atom is 0.0440 e. The van der Waals surface area contributed by atoms with E-state index in [0.29, 0.717) is 18.0 Å². The average Bonchev–Trinajstić information content (AvgIpc) is 2.66. The lowest BCUT2D eigenvalue weighted by molar-refractivity contribution is 0.389. The molecule has 15 heavy (non-hydrogen) atoms. The SMILES string of the molecule is CSCC(C)NC(c1cccs1)C(C)C. The molecule has 0 fully saturated rings. The van der Waals surface area contributed by atoms with Gasteiger partial charge in [-0.05, 0) is 30.5 Å². The first-order valence-electron chi connectivity index (χ1n) is 5.43. The molecule has 0 radical (unpaired) electrons. The van der Waals surface area contributed by atoms with Gasteiger partial charge in [-0.3, -0.25) is 0 Å². The average molecular weight is 243 g/mol. The van der Waals surface area contributed by atoms with Crippen LogP contribution in [0, 0.1) is 5.92 Å². The summed E-state index contributed by atoms with van der Waals surface area (Å²) in [5.74, 6) is 1.82. The maximum atomic E-state index is 3.71. The molecule has 2 atom stereocenters. The Labute approximate surface area is 102 Å². The third-order valence-corrected chi connectivity index (χ3v) is 4.19. The van der Waals surface area contributed by atoms with E-state index >= 15 is 0 Å². The quantitative estimate of drug-likeness (QED) is 0.816. The lowest BCUT2D eigenvalue weighted by Gasteiger charge is -2.25. The van der Waals surface area contributed by atoms with Crippen molar-refractivity contribution in [3.63, 3.8) is 0 Å². The van der Waals surface area contributed by atoms with Gasteiger partial charge in [0.2, 0.25) is 0 Å². The van der Waals surface area contributed by atoms with E-state index in [1.54, 1.807) is 0 Å². The van der Waals surface area contributed by atoms with Crippen molar-refractivity contribution in [2.24, 2.45) is 5.92 Å². The van der Waals surface area contributed by atoms with Crippen molar-refractivity contribution in [1.82, 2.24) is 5.32 Å². The van der Waals surface area contributed by atoms with Crippen molar-refractivity contribution >= 4 is 23.1 Å². The number of hydrogen-bond acceptors (Lipinski definition) is 3. The van der Waals surface area contributed by atoms with Gasteiger partial charge in [0.25, 0.3) is 0 Å². The van der Waals surface area contributed by atoms with Gasteiger partial charge in [0.05, 0.1) is 0 Å². The molecule has 3 heteroatoms. The van der Waals surface area contributed by atoms with Crippen molar-refractivity contribution in [3.05, 3.63) is 22.4 Å². The molecule has 0 aliphatic heterocycles. The molecule has 0 saturated carbocycles. The largest absolute Gasteiger partial charge is 0.306 e. The van der Waals surface area contributed by atoms with Crippen LogP contribution < -0.4 is 5.32 Å². The number of thiophene rings is 1. The molecule has 0 aliphatic rings. The predicted molar refractivity (Wildman–Crippen MR) is 72.9 cm³/mol. The molecular weight excluding hydrogens is 222 g/mol. The first-order valence-corrected chi connectivity index (χ1v) is 7.71. The smallest absolute Gasteiger partial charge is 0.0440 e. The Bertz CT molecular complexity index is 257. The summed E-state index contributed by atoms with van der Waals surface area (Å²) in [6, 6.07) is 5.45. The highest BCUT2D eigenvalue weighted by Crippen LogP contribution is 2.26. The fourth-order valence-electron chi connectivity index (χ4n) is 1.68. The van der Waals surface area contributed by atoms with Gasteiger partial charge >= 0.3 is 0 Å². The molecule has 1 N–H and O–H groups in total. The molecule has 0 saturated heterocycles. The van der Waals surface area contributed by atoms with Crippen LogP contribution >= 0.6 is 23.1 Å². The number of rotatable bonds is 6. The van der Waals surface area contributed by atoms with Crippen molar-refractivity contribution in [1.29, 1.82) is 0 Å². The zero-order chi connectivity index (χ0) is 11.3. The van der Waals surface area contributed by atoms with Crippen LogP contribution in [0.15, 0.2) is 17.5 Å². The molecule has 86 valence electrons. The summed E-state index contributed by atoms with van der Waals surface area (Å²) in [7, 11) is 0. The normalized spacial score (nSPS) is 15.5. The lowest BCUT2D eigenvalue weighted by atomic mass is 10.0. The molecule has 1 aromatic heterocycles. The molecule has 0 aliphatic carbocycles. The first kappa shape index (κ1) is 13.1. The summed E-state index contributed by atoms with van der Waals surface area (Å²) in [5, 5.41) is 5.87. The van der Waals surface area contributed by atoms with Gasteiger partial charge in [-0.2, -0.15) is 11.8 Å². The second-order valence-electron chi connectivity index (χ2n) is 4.26. The van der Waals surface area contributed by atoms with Crippen LogP contribution in [0.4, 0.5) is 0 Å². The minimum Gasteiger partial charge on any atom is -0.306 e. The van der Waals surface area contributed by atoms with E-state index in [9.17, 15) is 0 Å². The van der Waals surface area contributed by atoms with E-state index < -0.39 is 0 Å². The van der Waals surface area contributed by atoms with Crippen molar-refractivity contribution in [3.8, 4) is 0 Å². The van der Waals surface area contributed by atoms with E-state index in [1.165, 1.54) is 10.6 Å². The van der Waals surface area contributed by atoms with Crippen LogP contribution in [0.3, 0.4) is 0 Å². The summed E-state index contributed by atoms with van der Waals surface area (Å²) in [6.45, 7) is 6.83. The molecular formula is C12H21NS2. The highest BCUT2D eigenvalue weighted by atomic mass is 32.2. The number of nitrogens with one attached hydrogen (secondary N) is 1. The molecule has 0 amide bonds. The van der Waals surface area contributed by atoms with Gasteiger partial charge in [-0.1, -0.05) is 19.9 Å². The van der Waals surface area contributed by atoms with Crippen molar-refractivity contribution < 1.29 is 0 Å². The molecule has 1 rings (SSSR count). The Hall–Kier alpha value is 0.01000. The minimum atomic E-state index is 0.507. The van der Waals surface area contributed by atoms with Crippen LogP contribution in [0.5, 0.6) is 0 Å². The van der Waals surface area contributed by atoms with Gasteiger partial charge in [0.15, 0.2) is 0 Å². The summed E-state index contributed by atoms with van der Waals surface area (Å²) >= 11 is 3.75. The van der Waals surface area contributed by atoms with E-state index in [0.717, 1.165) is 0 Å². The Morgan fingerprint density at radius 3 is 2.60 bits per heavy atom. The summed E-state index contributed by atoms with van der Waals surface area (Å²) in [4.78, 5) is 1.46. The zero-order valence-corrected chi connectivity index (χ0v) is 11.6. The Morgan fingerprint density at radius 2 is 2.13 bits per heavy atom. The zero-order valence-electron chi connectivity index (χ0n) is 9.99. The topological polar surface area (TPSA) is 12.0 Å². The van der Waals surface area contributed by atoms with Crippen LogP contribution in [-0.2, 0) is 0 Å². The van der Waals surface area contributed by atoms with Gasteiger partial charge in [0.1, 0.15) is 0 Å². The number of hydrogen-bond donors (Lipinski definition) is 1. The monoisotopic (exact) mass is 243 g/mol. The summed E-state index contributed by atoms with van der Waals surface area (Å²) in [6.07, 6.45) is 2.16. The van der Waals surface area contributed by atoms with E-state index in [1.807, 2.05) is 23.1 Å². The second kappa shape index (κ2) is 6.56. The number of thioether (sulfide) groups is 1. The Balaban J connectivity index is 2.59. The van der Waals surface area contributed by atoms with Crippen LogP contribution in [0.25, 0.3) is 0 Å².